The number of carbonyl (C=O) groups excluding carboxylic acids is 1. The number of aliphatic hydroxyl groups excluding tert-OH is 1. The summed E-state index contributed by atoms with van der Waals surface area (Å²) in [6, 6.07) is 8.16. The lowest BCUT2D eigenvalue weighted by atomic mass is 10.1. The molecule has 8 heteroatoms. The van der Waals surface area contributed by atoms with Crippen LogP contribution in [-0.2, 0) is 4.79 Å². The van der Waals surface area contributed by atoms with E-state index < -0.39 is 0 Å². The molecule has 1 fully saturated rings. The van der Waals surface area contributed by atoms with Gasteiger partial charge in [-0.05, 0) is 37.1 Å². The summed E-state index contributed by atoms with van der Waals surface area (Å²) >= 11 is 0. The van der Waals surface area contributed by atoms with Gasteiger partial charge >= 0.3 is 0 Å². The van der Waals surface area contributed by atoms with Gasteiger partial charge in [-0.3, -0.25) is 4.79 Å². The molecule has 2 aliphatic rings. The van der Waals surface area contributed by atoms with Crippen LogP contribution in [0.25, 0.3) is 0 Å². The molecule has 2 aromatic rings. The summed E-state index contributed by atoms with van der Waals surface area (Å²) < 4.78 is 0. The fourth-order valence-electron chi connectivity index (χ4n) is 3.62. The second kappa shape index (κ2) is 7.63. The van der Waals surface area contributed by atoms with E-state index in [0.717, 1.165) is 48.8 Å². The summed E-state index contributed by atoms with van der Waals surface area (Å²) in [5, 5.41) is 12.9. The van der Waals surface area contributed by atoms with E-state index in [0.29, 0.717) is 18.9 Å². The van der Waals surface area contributed by atoms with Gasteiger partial charge < -0.3 is 25.1 Å². The van der Waals surface area contributed by atoms with Gasteiger partial charge in [0.1, 0.15) is 5.69 Å². The molecular weight excluding hydrogens is 356 g/mol. The standard InChI is InChI=1S/C20H26N6O2/c1-24-10-9-18(28)25(2)17-13-21-20(23-19(17)24)22-14-3-5-15(6-4-14)26-11-7-16(27)8-12-26/h3-6,13,16,27H,7-12H2,1-2H3,(H,21,22,23). The molecule has 148 valence electrons. The van der Waals surface area contributed by atoms with Gasteiger partial charge in [-0.2, -0.15) is 4.98 Å². The van der Waals surface area contributed by atoms with Crippen LogP contribution in [0.1, 0.15) is 19.3 Å². The molecule has 3 heterocycles. The summed E-state index contributed by atoms with van der Waals surface area (Å²) in [5.74, 6) is 1.31. The number of hydrogen-bond acceptors (Lipinski definition) is 7. The minimum atomic E-state index is -0.171. The van der Waals surface area contributed by atoms with Crippen molar-refractivity contribution in [3.8, 4) is 0 Å². The number of piperidine rings is 1. The smallest absolute Gasteiger partial charge is 0.229 e. The summed E-state index contributed by atoms with van der Waals surface area (Å²) in [6.07, 6.45) is 3.61. The van der Waals surface area contributed by atoms with E-state index in [2.05, 4.69) is 32.3 Å². The lowest BCUT2D eigenvalue weighted by molar-refractivity contribution is -0.118. The van der Waals surface area contributed by atoms with Crippen LogP contribution in [0.5, 0.6) is 0 Å². The van der Waals surface area contributed by atoms with E-state index in [1.807, 2.05) is 24.1 Å². The van der Waals surface area contributed by atoms with Crippen LogP contribution in [0.4, 0.5) is 28.8 Å². The number of nitrogens with one attached hydrogen (secondary N) is 1. The van der Waals surface area contributed by atoms with Gasteiger partial charge in [0.05, 0.1) is 12.3 Å². The number of hydrogen-bond donors (Lipinski definition) is 2. The third-order valence-electron chi connectivity index (χ3n) is 5.46. The van der Waals surface area contributed by atoms with Gasteiger partial charge in [0.15, 0.2) is 5.82 Å². The number of amides is 1. The molecule has 8 nitrogen and oxygen atoms in total. The Bertz CT molecular complexity index is 848. The third kappa shape index (κ3) is 3.73. The minimum absolute atomic E-state index is 0.0655. The van der Waals surface area contributed by atoms with E-state index in [1.54, 1.807) is 18.1 Å². The van der Waals surface area contributed by atoms with Crippen molar-refractivity contribution >= 4 is 34.7 Å². The predicted molar refractivity (Wildman–Crippen MR) is 111 cm³/mol. The molecule has 0 atom stereocenters. The molecule has 0 aliphatic carbocycles. The molecule has 1 aromatic heterocycles. The Hall–Kier alpha value is -2.87. The van der Waals surface area contributed by atoms with Crippen LogP contribution in [0, 0.1) is 0 Å². The lowest BCUT2D eigenvalue weighted by Gasteiger charge is -2.31. The SMILES string of the molecule is CN1CCC(=O)N(C)c2cnc(Nc3ccc(N4CCC(O)CC4)cc3)nc21. The Balaban J connectivity index is 1.49. The Morgan fingerprint density at radius 2 is 1.82 bits per heavy atom. The van der Waals surface area contributed by atoms with Gasteiger partial charge in [0.25, 0.3) is 0 Å². The molecule has 1 amide bonds. The molecule has 0 spiro atoms. The van der Waals surface area contributed by atoms with Crippen molar-refractivity contribution in [2.45, 2.75) is 25.4 Å². The monoisotopic (exact) mass is 382 g/mol. The van der Waals surface area contributed by atoms with Crippen LogP contribution in [0.3, 0.4) is 0 Å². The molecule has 0 bridgehead atoms. The van der Waals surface area contributed by atoms with Crippen molar-refractivity contribution in [3.63, 3.8) is 0 Å². The van der Waals surface area contributed by atoms with Crippen molar-refractivity contribution < 1.29 is 9.90 Å². The Kier molecular flexibility index (Phi) is 5.04. The average Bonchev–Trinajstić information content (AvgIpc) is 2.81. The first kappa shape index (κ1) is 18.5. The van der Waals surface area contributed by atoms with E-state index in [9.17, 15) is 9.90 Å². The number of nitrogens with zero attached hydrogens (tertiary/aromatic N) is 5. The highest BCUT2D eigenvalue weighted by Gasteiger charge is 2.24. The van der Waals surface area contributed by atoms with E-state index >= 15 is 0 Å². The topological polar surface area (TPSA) is 84.8 Å². The summed E-state index contributed by atoms with van der Waals surface area (Å²) in [4.78, 5) is 27.0. The van der Waals surface area contributed by atoms with Crippen molar-refractivity contribution in [1.82, 2.24) is 9.97 Å². The van der Waals surface area contributed by atoms with Crippen LogP contribution < -0.4 is 20.0 Å². The molecule has 4 rings (SSSR count). The molecule has 0 saturated carbocycles. The number of fused-ring (bicyclic) bond motifs is 1. The Labute approximate surface area is 164 Å². The second-order valence-corrected chi connectivity index (χ2v) is 7.42. The number of anilines is 5. The van der Waals surface area contributed by atoms with Gasteiger partial charge in [0, 0.05) is 51.5 Å². The lowest BCUT2D eigenvalue weighted by Crippen LogP contribution is -2.35. The maximum atomic E-state index is 12.1. The number of benzene rings is 1. The summed E-state index contributed by atoms with van der Waals surface area (Å²) in [7, 11) is 3.70. The molecular formula is C20H26N6O2. The number of aliphatic hydroxyl groups is 1. The van der Waals surface area contributed by atoms with Gasteiger partial charge in [-0.1, -0.05) is 0 Å². The highest BCUT2D eigenvalue weighted by molar-refractivity contribution is 5.97. The van der Waals surface area contributed by atoms with Crippen molar-refractivity contribution in [2.75, 3.05) is 53.7 Å². The van der Waals surface area contributed by atoms with E-state index in [1.165, 1.54) is 0 Å². The minimum Gasteiger partial charge on any atom is -0.393 e. The normalized spacial score (nSPS) is 18.1. The van der Waals surface area contributed by atoms with Crippen molar-refractivity contribution in [2.24, 2.45) is 0 Å². The van der Waals surface area contributed by atoms with Crippen LogP contribution in [0.15, 0.2) is 30.5 Å². The first-order valence-corrected chi connectivity index (χ1v) is 9.66. The largest absolute Gasteiger partial charge is 0.393 e. The second-order valence-electron chi connectivity index (χ2n) is 7.42. The maximum absolute atomic E-state index is 12.1. The number of rotatable bonds is 3. The van der Waals surface area contributed by atoms with E-state index in [-0.39, 0.29) is 12.0 Å². The van der Waals surface area contributed by atoms with Gasteiger partial charge in [0.2, 0.25) is 11.9 Å². The molecule has 1 saturated heterocycles. The highest BCUT2D eigenvalue weighted by Crippen LogP contribution is 2.30. The molecule has 2 N–H and O–H groups in total. The summed E-state index contributed by atoms with van der Waals surface area (Å²) in [5.41, 5.74) is 2.78. The average molecular weight is 382 g/mol. The van der Waals surface area contributed by atoms with Crippen LogP contribution in [-0.4, -0.2) is 60.8 Å². The molecule has 2 aliphatic heterocycles. The zero-order chi connectivity index (χ0) is 19.7. The molecule has 0 radical (unpaired) electrons. The Morgan fingerprint density at radius 1 is 1.11 bits per heavy atom. The first-order chi connectivity index (χ1) is 13.5. The summed E-state index contributed by atoms with van der Waals surface area (Å²) in [6.45, 7) is 2.38. The first-order valence-electron chi connectivity index (χ1n) is 9.66. The van der Waals surface area contributed by atoms with Crippen molar-refractivity contribution in [1.29, 1.82) is 0 Å². The predicted octanol–water partition coefficient (Wildman–Crippen LogP) is 1.98. The quantitative estimate of drug-likeness (QED) is 0.840. The zero-order valence-corrected chi connectivity index (χ0v) is 16.3. The third-order valence-corrected chi connectivity index (χ3v) is 5.46. The zero-order valence-electron chi connectivity index (χ0n) is 16.3. The molecule has 1 aromatic carbocycles. The van der Waals surface area contributed by atoms with Crippen LogP contribution >= 0.6 is 0 Å². The highest BCUT2D eigenvalue weighted by atomic mass is 16.3. The number of carbonyl (C=O) groups is 1. The van der Waals surface area contributed by atoms with Crippen molar-refractivity contribution in [3.05, 3.63) is 30.5 Å². The van der Waals surface area contributed by atoms with Crippen LogP contribution in [0.2, 0.25) is 0 Å². The fourth-order valence-corrected chi connectivity index (χ4v) is 3.62. The van der Waals surface area contributed by atoms with Gasteiger partial charge in [-0.25, -0.2) is 4.98 Å². The molecule has 28 heavy (non-hydrogen) atoms. The Morgan fingerprint density at radius 3 is 2.54 bits per heavy atom. The molecule has 0 unspecified atom stereocenters. The number of aromatic nitrogens is 2. The fraction of sp³-hybridized carbons (Fsp3) is 0.450. The van der Waals surface area contributed by atoms with Gasteiger partial charge in [-0.15, -0.1) is 0 Å². The van der Waals surface area contributed by atoms with E-state index in [4.69, 9.17) is 0 Å². The maximum Gasteiger partial charge on any atom is 0.229 e.